The Labute approximate surface area is 214 Å². The summed E-state index contributed by atoms with van der Waals surface area (Å²) in [4.78, 5) is 0. The smallest absolute Gasteiger partial charge is 0.118 e. The summed E-state index contributed by atoms with van der Waals surface area (Å²) in [7, 11) is 0. The zero-order chi connectivity index (χ0) is 21.0. The summed E-state index contributed by atoms with van der Waals surface area (Å²) in [5.41, 5.74) is 1.89. The van der Waals surface area contributed by atoms with Crippen LogP contribution < -0.4 is 0 Å². The average Bonchev–Trinajstić information content (AvgIpc) is 2.60. The summed E-state index contributed by atoms with van der Waals surface area (Å²) in [6, 6.07) is 0. The number of aliphatic hydroxyl groups excluding tert-OH is 1. The normalized spacial score (nSPS) is 56.2. The summed E-state index contributed by atoms with van der Waals surface area (Å²) in [5, 5.41) is 23.0. The van der Waals surface area contributed by atoms with Gasteiger partial charge in [-0.1, -0.05) is 61.0 Å². The van der Waals surface area contributed by atoms with E-state index in [2.05, 4.69) is 62.3 Å². The fraction of sp³-hybridized carbons (Fsp3) is 0.920. The predicted molar refractivity (Wildman–Crippen MR) is 113 cm³/mol. The second-order valence-electron chi connectivity index (χ2n) is 12.0. The van der Waals surface area contributed by atoms with Gasteiger partial charge < -0.3 is 14.9 Å². The summed E-state index contributed by atoms with van der Waals surface area (Å²) in [5.74, 6) is 1.78. The molecule has 3 fully saturated rings. The van der Waals surface area contributed by atoms with Crippen LogP contribution in [0.25, 0.3) is 0 Å². The minimum absolute atomic E-state index is 0. The number of ether oxygens (including phenoxy) is 1. The molecule has 1 aliphatic heterocycles. The van der Waals surface area contributed by atoms with Gasteiger partial charge in [-0.05, 0) is 65.3 Å². The van der Waals surface area contributed by atoms with E-state index in [-0.39, 0.29) is 78.4 Å². The van der Waals surface area contributed by atoms with Gasteiger partial charge in [-0.2, -0.15) is 0 Å². The van der Waals surface area contributed by atoms with Gasteiger partial charge >= 0.3 is 0 Å². The number of hydrogen-bond donors (Lipinski definition) is 2. The molecule has 4 rings (SSSR count). The summed E-state index contributed by atoms with van der Waals surface area (Å²) in [6.07, 6.45) is 1.33. The molecule has 0 aromatic carbocycles. The van der Waals surface area contributed by atoms with Crippen LogP contribution in [0, 0.1) is 89.9 Å². The molecule has 0 aromatic rings. The Morgan fingerprint density at radius 3 is 2.10 bits per heavy atom. The molecule has 1 heterocycles. The molecule has 0 spiro atoms. The molecule has 29 heavy (non-hydrogen) atoms. The first kappa shape index (κ1) is 24.7. The van der Waals surface area contributed by atoms with Crippen molar-refractivity contribution in [1.29, 1.82) is 0 Å². The van der Waals surface area contributed by atoms with Gasteiger partial charge in [-0.15, -0.1) is 0 Å². The first-order valence-electron chi connectivity index (χ1n) is 11.5. The first-order valence-corrected chi connectivity index (χ1v) is 11.5. The predicted octanol–water partition coefficient (Wildman–Crippen LogP) is 4.81. The van der Waals surface area contributed by atoms with Crippen molar-refractivity contribution < 1.29 is 59.0 Å². The van der Waals surface area contributed by atoms with Crippen LogP contribution in [0.15, 0.2) is 11.1 Å². The van der Waals surface area contributed by atoms with E-state index in [0.717, 1.165) is 12.8 Å². The SMILES string of the molecule is CC1=C2C(C)C(C)C3(C)C(C)CC4OCC4(O)C3C(C)C(C)(CC1O)C2(C)C.[Ac]. The van der Waals surface area contributed by atoms with Crippen molar-refractivity contribution in [3.05, 3.63) is 11.1 Å². The molecule has 1 saturated heterocycles. The van der Waals surface area contributed by atoms with Crippen molar-refractivity contribution in [2.45, 2.75) is 93.0 Å². The molecule has 163 valence electrons. The van der Waals surface area contributed by atoms with E-state index in [4.69, 9.17) is 4.74 Å². The molecule has 2 N–H and O–H groups in total. The van der Waals surface area contributed by atoms with E-state index in [1.165, 1.54) is 11.1 Å². The third-order valence-corrected chi connectivity index (χ3v) is 11.2. The molecule has 2 bridgehead atoms. The van der Waals surface area contributed by atoms with Crippen molar-refractivity contribution in [2.75, 3.05) is 6.61 Å². The zero-order valence-electron chi connectivity index (χ0n) is 20.0. The van der Waals surface area contributed by atoms with E-state index < -0.39 is 5.60 Å². The number of aliphatic hydroxyl groups is 2. The Morgan fingerprint density at radius 2 is 1.59 bits per heavy atom. The van der Waals surface area contributed by atoms with Gasteiger partial charge in [-0.25, -0.2) is 0 Å². The van der Waals surface area contributed by atoms with Crippen LogP contribution in [0.4, 0.5) is 0 Å². The van der Waals surface area contributed by atoms with Crippen LogP contribution in [0.1, 0.15) is 75.2 Å². The topological polar surface area (TPSA) is 49.7 Å². The van der Waals surface area contributed by atoms with Crippen molar-refractivity contribution in [3.63, 3.8) is 0 Å². The zero-order valence-corrected chi connectivity index (χ0v) is 24.8. The fourth-order valence-electron chi connectivity index (χ4n) is 8.69. The molecule has 0 amide bonds. The first-order chi connectivity index (χ1) is 12.7. The maximum atomic E-state index is 11.9. The van der Waals surface area contributed by atoms with E-state index >= 15 is 0 Å². The third kappa shape index (κ3) is 2.81. The number of allylic oxidation sites excluding steroid dienone is 1. The number of fused-ring (bicyclic) bond motifs is 5. The Hall–Kier alpha value is 1.06. The van der Waals surface area contributed by atoms with Crippen LogP contribution in [0.5, 0.6) is 0 Å². The van der Waals surface area contributed by atoms with Gasteiger partial charge in [0.05, 0.1) is 18.8 Å². The molecule has 1 radical (unpaired) electrons. The van der Waals surface area contributed by atoms with Gasteiger partial charge in [0, 0.05) is 50.0 Å². The Balaban J connectivity index is 0.00000240. The minimum atomic E-state index is -0.730. The fourth-order valence-corrected chi connectivity index (χ4v) is 8.69. The van der Waals surface area contributed by atoms with Crippen LogP contribution in [-0.2, 0) is 4.74 Å². The van der Waals surface area contributed by atoms with Crippen molar-refractivity contribution >= 4 is 0 Å². The molecular formula is C25H42AcO3. The quantitative estimate of drug-likeness (QED) is 0.384. The molecule has 4 heteroatoms. The molecule has 3 aliphatic carbocycles. The van der Waals surface area contributed by atoms with Gasteiger partial charge in [0.15, 0.2) is 0 Å². The second-order valence-corrected chi connectivity index (χ2v) is 12.0. The summed E-state index contributed by atoms with van der Waals surface area (Å²) < 4.78 is 5.90. The Kier molecular flexibility index (Phi) is 6.20. The molecule has 10 unspecified atom stereocenters. The standard InChI is InChI=1S/C25H42O3.Ac/c1-13-10-19-25(27,12-28-19)21-17(5)23(8)11-18(26)15(3)20(22(23,6)7)14(2)16(4)24(13,21)9;/h13-14,16-19,21,26-27H,10-12H2,1-9H3;. The Morgan fingerprint density at radius 1 is 1.00 bits per heavy atom. The Bertz CT molecular complexity index is 717. The molecule has 2 saturated carbocycles. The van der Waals surface area contributed by atoms with Crippen molar-refractivity contribution in [1.82, 2.24) is 0 Å². The maximum Gasteiger partial charge on any atom is 0.118 e. The summed E-state index contributed by atoms with van der Waals surface area (Å²) >= 11 is 0. The maximum absolute atomic E-state index is 11.9. The van der Waals surface area contributed by atoms with Gasteiger partial charge in [0.25, 0.3) is 0 Å². The minimum Gasteiger partial charge on any atom is -0.389 e. The molecule has 4 aliphatic rings. The van der Waals surface area contributed by atoms with E-state index in [1.807, 2.05) is 0 Å². The van der Waals surface area contributed by atoms with Crippen LogP contribution in [0.3, 0.4) is 0 Å². The van der Waals surface area contributed by atoms with Crippen molar-refractivity contribution in [2.24, 2.45) is 45.8 Å². The monoisotopic (exact) mass is 617 g/mol. The van der Waals surface area contributed by atoms with Crippen LogP contribution >= 0.6 is 0 Å². The molecule has 10 atom stereocenters. The van der Waals surface area contributed by atoms with Crippen molar-refractivity contribution in [3.8, 4) is 0 Å². The largest absolute Gasteiger partial charge is 0.389 e. The van der Waals surface area contributed by atoms with Gasteiger partial charge in [0.1, 0.15) is 5.60 Å². The number of rotatable bonds is 0. The third-order valence-electron chi connectivity index (χ3n) is 11.2. The average molecular weight is 618 g/mol. The van der Waals surface area contributed by atoms with Gasteiger partial charge in [0.2, 0.25) is 0 Å². The molecular weight excluding hydrogens is 575 g/mol. The van der Waals surface area contributed by atoms with Crippen LogP contribution in [-0.4, -0.2) is 34.6 Å². The van der Waals surface area contributed by atoms with E-state index in [1.54, 1.807) is 0 Å². The molecule has 3 nitrogen and oxygen atoms in total. The van der Waals surface area contributed by atoms with E-state index in [9.17, 15) is 10.2 Å². The van der Waals surface area contributed by atoms with E-state index in [0.29, 0.717) is 30.3 Å². The van der Waals surface area contributed by atoms with Gasteiger partial charge in [-0.3, -0.25) is 0 Å². The summed E-state index contributed by atoms with van der Waals surface area (Å²) in [6.45, 7) is 21.8. The second kappa shape index (κ2) is 7.28. The van der Waals surface area contributed by atoms with Crippen LogP contribution in [0.2, 0.25) is 0 Å². The number of hydrogen-bond acceptors (Lipinski definition) is 3. The molecule has 0 aromatic heterocycles.